The van der Waals surface area contributed by atoms with Crippen LogP contribution in [0.2, 0.25) is 10.0 Å². The molecule has 3 rings (SSSR count). The molecule has 1 heterocycles. The smallest absolute Gasteiger partial charge is 0.336 e. The molecule has 0 amide bonds. The minimum Gasteiger partial charge on any atom is -0.493 e. The molecular formula is C19H17BrCl2N2O2. The average molecular weight is 456 g/mol. The minimum absolute atomic E-state index is 0.107. The number of aromatic nitrogens is 2. The van der Waals surface area contributed by atoms with Crippen LogP contribution in [-0.2, 0) is 6.42 Å². The van der Waals surface area contributed by atoms with Gasteiger partial charge in [-0.2, -0.15) is 0 Å². The van der Waals surface area contributed by atoms with Gasteiger partial charge < -0.3 is 5.11 Å². The van der Waals surface area contributed by atoms with E-state index in [9.17, 15) is 9.90 Å². The number of hydrogen-bond donors (Lipinski definition) is 1. The third-order valence-corrected chi connectivity index (χ3v) is 5.03. The van der Waals surface area contributed by atoms with Gasteiger partial charge in [0.1, 0.15) is 0 Å². The van der Waals surface area contributed by atoms with Crippen LogP contribution in [0.3, 0.4) is 0 Å². The van der Waals surface area contributed by atoms with Crippen LogP contribution >= 0.6 is 39.1 Å². The summed E-state index contributed by atoms with van der Waals surface area (Å²) in [4.78, 5) is 13.0. The lowest BCUT2D eigenvalue weighted by molar-refractivity contribution is 0.433. The van der Waals surface area contributed by atoms with Gasteiger partial charge in [-0.15, -0.1) is 0 Å². The third-order valence-electron chi connectivity index (χ3n) is 4.06. The standard InChI is InChI=1S/C19H17BrCl2N2O2/c1-11(2)23-17(7-12-3-5-13(20)6-4-12)18(25)24(19(23)26)16-9-14(21)8-15(22)10-16/h3-6,8-11,25H,7H2,1-2H3. The van der Waals surface area contributed by atoms with Gasteiger partial charge in [0.2, 0.25) is 5.88 Å². The molecule has 4 nitrogen and oxygen atoms in total. The lowest BCUT2D eigenvalue weighted by atomic mass is 10.1. The topological polar surface area (TPSA) is 47.2 Å². The Balaban J connectivity index is 2.18. The van der Waals surface area contributed by atoms with E-state index in [2.05, 4.69) is 15.9 Å². The van der Waals surface area contributed by atoms with E-state index < -0.39 is 0 Å². The fraction of sp³-hybridized carbons (Fsp3) is 0.211. The van der Waals surface area contributed by atoms with Crippen molar-refractivity contribution in [3.63, 3.8) is 0 Å². The average Bonchev–Trinajstić information content (AvgIpc) is 2.79. The summed E-state index contributed by atoms with van der Waals surface area (Å²) in [6, 6.07) is 12.4. The van der Waals surface area contributed by atoms with Gasteiger partial charge in [0.25, 0.3) is 0 Å². The normalized spacial score (nSPS) is 11.3. The van der Waals surface area contributed by atoms with E-state index in [1.165, 1.54) is 4.57 Å². The van der Waals surface area contributed by atoms with Crippen molar-refractivity contribution in [3.8, 4) is 11.6 Å². The Morgan fingerprint density at radius 2 is 1.65 bits per heavy atom. The maximum Gasteiger partial charge on any atom is 0.336 e. The lowest BCUT2D eigenvalue weighted by Gasteiger charge is -2.10. The summed E-state index contributed by atoms with van der Waals surface area (Å²) in [5.41, 5.74) is 1.63. The Bertz CT molecular complexity index is 987. The van der Waals surface area contributed by atoms with Gasteiger partial charge in [0.15, 0.2) is 0 Å². The molecule has 0 saturated carbocycles. The van der Waals surface area contributed by atoms with E-state index in [0.717, 1.165) is 10.0 Å². The molecule has 0 spiro atoms. The molecule has 0 fully saturated rings. The molecule has 0 atom stereocenters. The largest absolute Gasteiger partial charge is 0.493 e. The molecule has 7 heteroatoms. The maximum atomic E-state index is 13.0. The second kappa shape index (κ2) is 7.51. The first-order chi connectivity index (χ1) is 12.3. The molecule has 0 aliphatic heterocycles. The van der Waals surface area contributed by atoms with Crippen LogP contribution in [0.15, 0.2) is 51.7 Å². The monoisotopic (exact) mass is 454 g/mol. The molecule has 0 aliphatic carbocycles. The van der Waals surface area contributed by atoms with Crippen molar-refractivity contribution in [1.82, 2.24) is 9.13 Å². The van der Waals surface area contributed by atoms with Crippen LogP contribution in [0.25, 0.3) is 5.69 Å². The highest BCUT2D eigenvalue weighted by Crippen LogP contribution is 2.29. The molecule has 3 aromatic rings. The number of imidazole rings is 1. The molecule has 0 bridgehead atoms. The van der Waals surface area contributed by atoms with Crippen molar-refractivity contribution < 1.29 is 5.11 Å². The lowest BCUT2D eigenvalue weighted by Crippen LogP contribution is -2.25. The summed E-state index contributed by atoms with van der Waals surface area (Å²) < 4.78 is 3.80. The van der Waals surface area contributed by atoms with Gasteiger partial charge in [0, 0.05) is 27.0 Å². The SMILES string of the molecule is CC(C)n1c(Cc2ccc(Br)cc2)c(O)n(-c2cc(Cl)cc(Cl)c2)c1=O. The predicted molar refractivity (Wildman–Crippen MR) is 109 cm³/mol. The van der Waals surface area contributed by atoms with Crippen molar-refractivity contribution in [2.75, 3.05) is 0 Å². The van der Waals surface area contributed by atoms with Gasteiger partial charge in [-0.3, -0.25) is 4.57 Å². The summed E-state index contributed by atoms with van der Waals surface area (Å²) >= 11 is 15.5. The van der Waals surface area contributed by atoms with Crippen molar-refractivity contribution in [2.24, 2.45) is 0 Å². The molecule has 0 radical (unpaired) electrons. The van der Waals surface area contributed by atoms with Crippen molar-refractivity contribution >= 4 is 39.1 Å². The Morgan fingerprint density at radius 3 is 2.19 bits per heavy atom. The summed E-state index contributed by atoms with van der Waals surface area (Å²) in [6.45, 7) is 3.81. The zero-order valence-electron chi connectivity index (χ0n) is 14.2. The van der Waals surface area contributed by atoms with E-state index in [0.29, 0.717) is 27.8 Å². The highest BCUT2D eigenvalue weighted by molar-refractivity contribution is 9.10. The van der Waals surface area contributed by atoms with Crippen molar-refractivity contribution in [2.45, 2.75) is 26.3 Å². The fourth-order valence-corrected chi connectivity index (χ4v) is 3.72. The maximum absolute atomic E-state index is 13.0. The molecule has 26 heavy (non-hydrogen) atoms. The molecule has 1 N–H and O–H groups in total. The van der Waals surface area contributed by atoms with Gasteiger partial charge >= 0.3 is 5.69 Å². The van der Waals surface area contributed by atoms with E-state index in [-0.39, 0.29) is 17.6 Å². The van der Waals surface area contributed by atoms with E-state index in [1.54, 1.807) is 22.8 Å². The number of benzene rings is 2. The van der Waals surface area contributed by atoms with E-state index >= 15 is 0 Å². The molecular weight excluding hydrogens is 439 g/mol. The first-order valence-electron chi connectivity index (χ1n) is 8.04. The minimum atomic E-state index is -0.331. The molecule has 0 aliphatic rings. The molecule has 136 valence electrons. The highest BCUT2D eigenvalue weighted by Gasteiger charge is 2.22. The Kier molecular flexibility index (Phi) is 5.51. The van der Waals surface area contributed by atoms with Crippen LogP contribution in [-0.4, -0.2) is 14.2 Å². The molecule has 1 aromatic heterocycles. The first kappa shape index (κ1) is 19.1. The Morgan fingerprint density at radius 1 is 1.08 bits per heavy atom. The van der Waals surface area contributed by atoms with Gasteiger partial charge in [-0.25, -0.2) is 9.36 Å². The van der Waals surface area contributed by atoms with Crippen LogP contribution in [0.1, 0.15) is 31.1 Å². The predicted octanol–water partition coefficient (Wildman–Crippen LogP) is 5.59. The second-order valence-electron chi connectivity index (χ2n) is 6.28. The van der Waals surface area contributed by atoms with E-state index in [1.807, 2.05) is 38.1 Å². The van der Waals surface area contributed by atoms with Crippen LogP contribution < -0.4 is 5.69 Å². The number of aromatic hydroxyl groups is 1. The van der Waals surface area contributed by atoms with E-state index in [4.69, 9.17) is 23.2 Å². The van der Waals surface area contributed by atoms with Crippen LogP contribution in [0.5, 0.6) is 5.88 Å². The summed E-state index contributed by atoms with van der Waals surface area (Å²) in [5, 5.41) is 11.6. The molecule has 2 aromatic carbocycles. The zero-order chi connectivity index (χ0) is 19.0. The van der Waals surface area contributed by atoms with Crippen molar-refractivity contribution in [1.29, 1.82) is 0 Å². The number of rotatable bonds is 4. The van der Waals surface area contributed by atoms with Gasteiger partial charge in [-0.05, 0) is 49.7 Å². The summed E-state index contributed by atoms with van der Waals surface area (Å²) in [6.07, 6.45) is 0.424. The Labute approximate surface area is 169 Å². The highest BCUT2D eigenvalue weighted by atomic mass is 79.9. The fourth-order valence-electron chi connectivity index (χ4n) is 2.94. The van der Waals surface area contributed by atoms with Crippen LogP contribution in [0.4, 0.5) is 0 Å². The number of halogens is 3. The summed E-state index contributed by atoms with van der Waals surface area (Å²) in [5.74, 6) is -0.107. The van der Waals surface area contributed by atoms with Gasteiger partial charge in [-0.1, -0.05) is 51.3 Å². The Hall–Kier alpha value is -1.69. The number of nitrogens with zero attached hydrogens (tertiary/aromatic N) is 2. The van der Waals surface area contributed by atoms with Crippen LogP contribution in [0, 0.1) is 0 Å². The number of hydrogen-bond acceptors (Lipinski definition) is 2. The first-order valence-corrected chi connectivity index (χ1v) is 9.59. The third kappa shape index (κ3) is 3.70. The zero-order valence-corrected chi connectivity index (χ0v) is 17.3. The van der Waals surface area contributed by atoms with Crippen molar-refractivity contribution in [3.05, 3.63) is 78.7 Å². The van der Waals surface area contributed by atoms with Gasteiger partial charge in [0.05, 0.1) is 11.4 Å². The molecule has 0 unspecified atom stereocenters. The molecule has 0 saturated heterocycles. The summed E-state index contributed by atoms with van der Waals surface area (Å²) in [7, 11) is 0. The second-order valence-corrected chi connectivity index (χ2v) is 8.07. The quantitative estimate of drug-likeness (QED) is 0.557.